The lowest BCUT2D eigenvalue weighted by atomic mass is 9.85. The maximum Gasteiger partial charge on any atom is 0.0776 e. The minimum Gasteiger partial charge on any atom is -0.391 e. The Hall–Kier alpha value is -0.0800. The first-order valence-electron chi connectivity index (χ1n) is 5.98. The lowest BCUT2D eigenvalue weighted by molar-refractivity contribution is -0.00579. The fourth-order valence-corrected chi connectivity index (χ4v) is 2.18. The highest BCUT2D eigenvalue weighted by molar-refractivity contribution is 4.69. The van der Waals surface area contributed by atoms with E-state index in [0.29, 0.717) is 6.61 Å². The van der Waals surface area contributed by atoms with Gasteiger partial charge >= 0.3 is 0 Å². The van der Waals surface area contributed by atoms with Crippen LogP contribution >= 0.6 is 0 Å². The summed E-state index contributed by atoms with van der Waals surface area (Å²) >= 11 is 0. The van der Waals surface area contributed by atoms with Crippen LogP contribution in [0.2, 0.25) is 0 Å². The van der Waals surface area contributed by atoms with Crippen molar-refractivity contribution in [3.05, 3.63) is 0 Å². The van der Waals surface area contributed by atoms with Gasteiger partial charge in [0.15, 0.2) is 0 Å². The van der Waals surface area contributed by atoms with E-state index in [1.807, 2.05) is 13.8 Å². The highest BCUT2D eigenvalue weighted by Gasteiger charge is 2.17. The Morgan fingerprint density at radius 3 is 2.43 bits per heavy atom. The average Bonchev–Trinajstić information content (AvgIpc) is 2.16. The average molecular weight is 200 g/mol. The molecule has 0 bridgehead atoms. The van der Waals surface area contributed by atoms with E-state index in [1.54, 1.807) is 0 Å². The van der Waals surface area contributed by atoms with Crippen molar-refractivity contribution in [2.75, 3.05) is 6.61 Å². The van der Waals surface area contributed by atoms with Gasteiger partial charge in [0.25, 0.3) is 0 Å². The summed E-state index contributed by atoms with van der Waals surface area (Å²) in [5.74, 6) is 0.745. The number of aliphatic hydroxyl groups is 1. The Kier molecular flexibility index (Phi) is 5.49. The van der Waals surface area contributed by atoms with E-state index in [2.05, 4.69) is 0 Å². The van der Waals surface area contributed by atoms with Crippen molar-refractivity contribution < 1.29 is 9.84 Å². The second-order valence-electron chi connectivity index (χ2n) is 4.78. The Balaban J connectivity index is 2.09. The molecule has 1 atom stereocenters. The van der Waals surface area contributed by atoms with Crippen molar-refractivity contribution in [1.29, 1.82) is 0 Å². The Labute approximate surface area is 87.7 Å². The largest absolute Gasteiger partial charge is 0.391 e. The van der Waals surface area contributed by atoms with Gasteiger partial charge in [-0.3, -0.25) is 0 Å². The standard InChI is InChI=1S/C12H24O2/c1-10(2)14-9-12(13)8-11-6-4-3-5-7-11/h10-13H,3-9H2,1-2H3/t12-/m0/s1. The van der Waals surface area contributed by atoms with Crippen LogP contribution in [0.3, 0.4) is 0 Å². The zero-order valence-electron chi connectivity index (χ0n) is 9.54. The molecule has 1 fully saturated rings. The summed E-state index contributed by atoms with van der Waals surface area (Å²) in [6.45, 7) is 4.52. The van der Waals surface area contributed by atoms with Gasteiger partial charge < -0.3 is 9.84 Å². The molecule has 0 radical (unpaired) electrons. The second-order valence-corrected chi connectivity index (χ2v) is 4.78. The predicted octanol–water partition coefficient (Wildman–Crippen LogP) is 2.74. The van der Waals surface area contributed by atoms with Crippen molar-refractivity contribution in [3.63, 3.8) is 0 Å². The molecule has 0 unspecified atom stereocenters. The summed E-state index contributed by atoms with van der Waals surface area (Å²) in [6, 6.07) is 0. The van der Waals surface area contributed by atoms with Gasteiger partial charge in [-0.1, -0.05) is 32.1 Å². The van der Waals surface area contributed by atoms with Gasteiger partial charge in [0.05, 0.1) is 18.8 Å². The van der Waals surface area contributed by atoms with Crippen LogP contribution in [0.5, 0.6) is 0 Å². The molecule has 14 heavy (non-hydrogen) atoms. The molecular formula is C12H24O2. The molecule has 2 nitrogen and oxygen atoms in total. The van der Waals surface area contributed by atoms with Gasteiger partial charge in [-0.25, -0.2) is 0 Å². The van der Waals surface area contributed by atoms with Crippen molar-refractivity contribution >= 4 is 0 Å². The molecule has 0 heterocycles. The SMILES string of the molecule is CC(C)OC[C@@H](O)CC1CCCCC1. The van der Waals surface area contributed by atoms with Crippen LogP contribution in [0.15, 0.2) is 0 Å². The molecule has 1 aliphatic rings. The maximum atomic E-state index is 9.73. The molecule has 0 aromatic heterocycles. The van der Waals surface area contributed by atoms with E-state index in [-0.39, 0.29) is 12.2 Å². The minimum atomic E-state index is -0.250. The van der Waals surface area contributed by atoms with Gasteiger partial charge in [-0.05, 0) is 26.2 Å². The number of ether oxygens (including phenoxy) is 1. The third-order valence-electron chi connectivity index (χ3n) is 2.95. The van der Waals surface area contributed by atoms with E-state index in [4.69, 9.17) is 4.74 Å². The summed E-state index contributed by atoms with van der Waals surface area (Å²) in [5, 5.41) is 9.73. The van der Waals surface area contributed by atoms with Crippen LogP contribution in [0.1, 0.15) is 52.4 Å². The molecular weight excluding hydrogens is 176 g/mol. The molecule has 1 N–H and O–H groups in total. The quantitative estimate of drug-likeness (QED) is 0.739. The molecule has 0 aromatic carbocycles. The monoisotopic (exact) mass is 200 g/mol. The zero-order chi connectivity index (χ0) is 10.4. The molecule has 1 aliphatic carbocycles. The fraction of sp³-hybridized carbons (Fsp3) is 1.00. The summed E-state index contributed by atoms with van der Waals surface area (Å²) < 4.78 is 5.40. The van der Waals surface area contributed by atoms with Crippen molar-refractivity contribution in [1.82, 2.24) is 0 Å². The fourth-order valence-electron chi connectivity index (χ4n) is 2.18. The topological polar surface area (TPSA) is 29.5 Å². The van der Waals surface area contributed by atoms with Gasteiger partial charge in [-0.2, -0.15) is 0 Å². The predicted molar refractivity (Wildman–Crippen MR) is 58.3 cm³/mol. The second kappa shape index (κ2) is 6.41. The van der Waals surface area contributed by atoms with Crippen LogP contribution in [-0.4, -0.2) is 23.9 Å². The smallest absolute Gasteiger partial charge is 0.0776 e. The van der Waals surface area contributed by atoms with Crippen molar-refractivity contribution in [2.45, 2.75) is 64.6 Å². The first-order chi connectivity index (χ1) is 6.68. The molecule has 84 valence electrons. The van der Waals surface area contributed by atoms with Crippen molar-refractivity contribution in [2.24, 2.45) is 5.92 Å². The Morgan fingerprint density at radius 2 is 1.86 bits per heavy atom. The molecule has 0 saturated heterocycles. The van der Waals surface area contributed by atoms with Crippen LogP contribution in [0.4, 0.5) is 0 Å². The van der Waals surface area contributed by atoms with Crippen LogP contribution in [-0.2, 0) is 4.74 Å². The van der Waals surface area contributed by atoms with Gasteiger partial charge in [0, 0.05) is 0 Å². The Morgan fingerprint density at radius 1 is 1.21 bits per heavy atom. The van der Waals surface area contributed by atoms with E-state index >= 15 is 0 Å². The summed E-state index contributed by atoms with van der Waals surface area (Å²) in [5.41, 5.74) is 0. The summed E-state index contributed by atoms with van der Waals surface area (Å²) in [4.78, 5) is 0. The lowest BCUT2D eigenvalue weighted by Crippen LogP contribution is -2.22. The van der Waals surface area contributed by atoms with Crippen LogP contribution < -0.4 is 0 Å². The number of hydrogen-bond donors (Lipinski definition) is 1. The first-order valence-corrected chi connectivity index (χ1v) is 5.98. The number of rotatable bonds is 5. The molecule has 0 spiro atoms. The highest BCUT2D eigenvalue weighted by Crippen LogP contribution is 2.27. The normalized spacial score (nSPS) is 21.4. The first kappa shape index (κ1) is 12.0. The van der Waals surface area contributed by atoms with E-state index < -0.39 is 0 Å². The summed E-state index contributed by atoms with van der Waals surface area (Å²) in [7, 11) is 0. The zero-order valence-corrected chi connectivity index (χ0v) is 9.54. The van der Waals surface area contributed by atoms with Crippen LogP contribution in [0, 0.1) is 5.92 Å². The number of aliphatic hydroxyl groups excluding tert-OH is 1. The summed E-state index contributed by atoms with van der Waals surface area (Å²) in [6.07, 6.45) is 7.61. The minimum absolute atomic E-state index is 0.232. The van der Waals surface area contributed by atoms with Crippen LogP contribution in [0.25, 0.3) is 0 Å². The van der Waals surface area contributed by atoms with Gasteiger partial charge in [-0.15, -0.1) is 0 Å². The molecule has 0 aromatic rings. The Bertz CT molecular complexity index is 139. The third-order valence-corrected chi connectivity index (χ3v) is 2.95. The molecule has 0 aliphatic heterocycles. The maximum absolute atomic E-state index is 9.73. The molecule has 1 rings (SSSR count). The van der Waals surface area contributed by atoms with Crippen molar-refractivity contribution in [3.8, 4) is 0 Å². The molecule has 2 heteroatoms. The van der Waals surface area contributed by atoms with Gasteiger partial charge in [0.1, 0.15) is 0 Å². The molecule has 1 saturated carbocycles. The van der Waals surface area contributed by atoms with Gasteiger partial charge in [0.2, 0.25) is 0 Å². The number of hydrogen-bond acceptors (Lipinski definition) is 2. The lowest BCUT2D eigenvalue weighted by Gasteiger charge is -2.24. The van der Waals surface area contributed by atoms with E-state index in [0.717, 1.165) is 12.3 Å². The van der Waals surface area contributed by atoms with E-state index in [9.17, 15) is 5.11 Å². The highest BCUT2D eigenvalue weighted by atomic mass is 16.5. The third kappa shape index (κ3) is 4.97. The molecule has 0 amide bonds. The van der Waals surface area contributed by atoms with E-state index in [1.165, 1.54) is 32.1 Å².